The van der Waals surface area contributed by atoms with Crippen molar-refractivity contribution in [1.29, 1.82) is 0 Å². The van der Waals surface area contributed by atoms with E-state index in [2.05, 4.69) is 29.8 Å². The van der Waals surface area contributed by atoms with Crippen LogP contribution >= 0.6 is 15.9 Å². The van der Waals surface area contributed by atoms with Gasteiger partial charge in [0.1, 0.15) is 5.75 Å². The minimum atomic E-state index is 0.149. The molecule has 0 N–H and O–H groups in total. The average Bonchev–Trinajstić information content (AvgIpc) is 2.86. The molecule has 0 heterocycles. The monoisotopic (exact) mass is 282 g/mol. The van der Waals surface area contributed by atoms with Gasteiger partial charge in [-0.25, -0.2) is 0 Å². The lowest BCUT2D eigenvalue weighted by molar-refractivity contribution is 0.0950. The quantitative estimate of drug-likeness (QED) is 0.791. The van der Waals surface area contributed by atoms with Gasteiger partial charge in [0.2, 0.25) is 0 Å². The molecule has 2 nitrogen and oxygen atoms in total. The average molecular weight is 283 g/mol. The SMILES string of the molecule is COc1ccc(Br)cc1C(=O)C1CC1(C)C. The van der Waals surface area contributed by atoms with Gasteiger partial charge in [0, 0.05) is 10.4 Å². The van der Waals surface area contributed by atoms with Gasteiger partial charge in [-0.3, -0.25) is 4.79 Å². The predicted molar refractivity (Wildman–Crippen MR) is 66.9 cm³/mol. The molecule has 1 saturated carbocycles. The molecule has 1 fully saturated rings. The summed E-state index contributed by atoms with van der Waals surface area (Å²) in [7, 11) is 1.60. The predicted octanol–water partition coefficient (Wildman–Crippen LogP) is 3.69. The summed E-state index contributed by atoms with van der Waals surface area (Å²) in [6.07, 6.45) is 0.974. The van der Waals surface area contributed by atoms with Crippen molar-refractivity contribution in [3.8, 4) is 5.75 Å². The summed E-state index contributed by atoms with van der Waals surface area (Å²) in [4.78, 5) is 12.3. The molecular weight excluding hydrogens is 268 g/mol. The highest BCUT2D eigenvalue weighted by Crippen LogP contribution is 2.53. The first-order valence-corrected chi connectivity index (χ1v) is 6.13. The Morgan fingerprint density at radius 3 is 2.62 bits per heavy atom. The van der Waals surface area contributed by atoms with Crippen molar-refractivity contribution in [3.63, 3.8) is 0 Å². The maximum Gasteiger partial charge on any atom is 0.170 e. The Kier molecular flexibility index (Phi) is 2.82. The Labute approximate surface area is 104 Å². The molecule has 2 rings (SSSR count). The molecule has 0 bridgehead atoms. The second kappa shape index (κ2) is 3.88. The number of hydrogen-bond donors (Lipinski definition) is 0. The summed E-state index contributed by atoms with van der Waals surface area (Å²) in [6, 6.07) is 5.55. The van der Waals surface area contributed by atoms with Gasteiger partial charge in [-0.15, -0.1) is 0 Å². The van der Waals surface area contributed by atoms with Crippen LogP contribution in [0.4, 0.5) is 0 Å². The van der Waals surface area contributed by atoms with Crippen molar-refractivity contribution < 1.29 is 9.53 Å². The second-order valence-electron chi connectivity index (χ2n) is 4.95. The van der Waals surface area contributed by atoms with Gasteiger partial charge >= 0.3 is 0 Å². The summed E-state index contributed by atoms with van der Waals surface area (Å²) >= 11 is 3.38. The zero-order valence-electron chi connectivity index (χ0n) is 9.71. The van der Waals surface area contributed by atoms with E-state index in [0.717, 1.165) is 10.9 Å². The zero-order valence-corrected chi connectivity index (χ0v) is 11.3. The van der Waals surface area contributed by atoms with E-state index in [1.807, 2.05) is 18.2 Å². The van der Waals surface area contributed by atoms with Gasteiger partial charge in [-0.05, 0) is 30.0 Å². The minimum absolute atomic E-state index is 0.149. The first-order valence-electron chi connectivity index (χ1n) is 5.33. The Hall–Kier alpha value is -0.830. The highest BCUT2D eigenvalue weighted by molar-refractivity contribution is 9.10. The molecule has 0 spiro atoms. The molecule has 0 aromatic heterocycles. The van der Waals surface area contributed by atoms with Gasteiger partial charge < -0.3 is 4.74 Å². The molecule has 1 aromatic rings. The van der Waals surface area contributed by atoms with E-state index >= 15 is 0 Å². The van der Waals surface area contributed by atoms with Gasteiger partial charge in [0.15, 0.2) is 5.78 Å². The Morgan fingerprint density at radius 1 is 1.50 bits per heavy atom. The molecule has 0 aliphatic heterocycles. The summed E-state index contributed by atoms with van der Waals surface area (Å²) in [6.45, 7) is 4.25. The van der Waals surface area contributed by atoms with Gasteiger partial charge in [0.05, 0.1) is 12.7 Å². The molecule has 0 radical (unpaired) electrons. The molecule has 0 saturated heterocycles. The molecule has 1 aliphatic carbocycles. The van der Waals surface area contributed by atoms with Crippen LogP contribution in [0.5, 0.6) is 5.75 Å². The number of carbonyl (C=O) groups excluding carboxylic acids is 1. The number of ketones is 1. The van der Waals surface area contributed by atoms with Crippen LogP contribution in [0.2, 0.25) is 0 Å². The second-order valence-corrected chi connectivity index (χ2v) is 5.87. The molecule has 0 amide bonds. The van der Waals surface area contributed by atoms with Crippen molar-refractivity contribution in [2.45, 2.75) is 20.3 Å². The van der Waals surface area contributed by atoms with E-state index < -0.39 is 0 Å². The van der Waals surface area contributed by atoms with E-state index in [9.17, 15) is 4.79 Å². The maximum absolute atomic E-state index is 12.3. The molecule has 3 heteroatoms. The number of ether oxygens (including phenoxy) is 1. The maximum atomic E-state index is 12.3. The highest BCUT2D eigenvalue weighted by Gasteiger charge is 2.50. The third-order valence-corrected chi connectivity index (χ3v) is 3.75. The molecule has 1 unspecified atom stereocenters. The van der Waals surface area contributed by atoms with Crippen LogP contribution in [0.15, 0.2) is 22.7 Å². The van der Waals surface area contributed by atoms with Gasteiger partial charge in [0.25, 0.3) is 0 Å². The third-order valence-electron chi connectivity index (χ3n) is 3.26. The van der Waals surface area contributed by atoms with E-state index in [0.29, 0.717) is 11.3 Å². The van der Waals surface area contributed by atoms with Gasteiger partial charge in [-0.2, -0.15) is 0 Å². The number of Topliss-reactive ketones (excluding diaryl/α,β-unsaturated/α-hetero) is 1. The number of halogens is 1. The van der Waals surface area contributed by atoms with E-state index in [-0.39, 0.29) is 17.1 Å². The molecule has 16 heavy (non-hydrogen) atoms. The molecule has 86 valence electrons. The van der Waals surface area contributed by atoms with Crippen molar-refractivity contribution in [1.82, 2.24) is 0 Å². The number of carbonyl (C=O) groups is 1. The topological polar surface area (TPSA) is 26.3 Å². The molecule has 1 aliphatic rings. The van der Waals surface area contributed by atoms with Gasteiger partial charge in [-0.1, -0.05) is 29.8 Å². The lowest BCUT2D eigenvalue weighted by Crippen LogP contribution is -2.08. The summed E-state index contributed by atoms with van der Waals surface area (Å²) < 4.78 is 6.14. The normalized spacial score (nSPS) is 21.6. The largest absolute Gasteiger partial charge is 0.496 e. The van der Waals surface area contributed by atoms with Crippen molar-refractivity contribution in [2.75, 3.05) is 7.11 Å². The molecule has 1 aromatic carbocycles. The number of methoxy groups -OCH3 is 1. The lowest BCUT2D eigenvalue weighted by atomic mass is 10.0. The zero-order chi connectivity index (χ0) is 11.9. The molecular formula is C13H15BrO2. The fourth-order valence-corrected chi connectivity index (χ4v) is 2.34. The van der Waals surface area contributed by atoms with Crippen LogP contribution in [0.3, 0.4) is 0 Å². The Balaban J connectivity index is 2.33. The Morgan fingerprint density at radius 2 is 2.12 bits per heavy atom. The number of benzene rings is 1. The van der Waals surface area contributed by atoms with Crippen LogP contribution < -0.4 is 4.74 Å². The number of hydrogen-bond acceptors (Lipinski definition) is 2. The first-order chi connectivity index (χ1) is 7.45. The van der Waals surface area contributed by atoms with Crippen molar-refractivity contribution in [2.24, 2.45) is 11.3 Å². The standard InChI is InChI=1S/C13H15BrO2/c1-13(2)7-10(13)12(15)9-6-8(14)4-5-11(9)16-3/h4-6,10H,7H2,1-3H3. The Bertz CT molecular complexity index is 438. The van der Waals surface area contributed by atoms with Crippen LogP contribution in [0.1, 0.15) is 30.6 Å². The first kappa shape index (κ1) is 11.6. The van der Waals surface area contributed by atoms with Crippen LogP contribution in [0.25, 0.3) is 0 Å². The number of rotatable bonds is 3. The van der Waals surface area contributed by atoms with E-state index in [4.69, 9.17) is 4.74 Å². The van der Waals surface area contributed by atoms with E-state index in [1.165, 1.54) is 0 Å². The third kappa shape index (κ3) is 2.01. The van der Waals surface area contributed by atoms with Crippen LogP contribution in [0, 0.1) is 11.3 Å². The summed E-state index contributed by atoms with van der Waals surface area (Å²) in [5.74, 6) is 1.01. The van der Waals surface area contributed by atoms with E-state index in [1.54, 1.807) is 7.11 Å². The summed E-state index contributed by atoms with van der Waals surface area (Å²) in [5.41, 5.74) is 0.845. The van der Waals surface area contributed by atoms with Crippen LogP contribution in [-0.2, 0) is 0 Å². The van der Waals surface area contributed by atoms with Crippen molar-refractivity contribution in [3.05, 3.63) is 28.2 Å². The van der Waals surface area contributed by atoms with Crippen molar-refractivity contribution >= 4 is 21.7 Å². The smallest absolute Gasteiger partial charge is 0.170 e. The fourth-order valence-electron chi connectivity index (χ4n) is 1.98. The lowest BCUT2D eigenvalue weighted by Gasteiger charge is -2.09. The summed E-state index contributed by atoms with van der Waals surface area (Å²) in [5, 5.41) is 0. The fraction of sp³-hybridized carbons (Fsp3) is 0.462. The minimum Gasteiger partial charge on any atom is -0.496 e. The van der Waals surface area contributed by atoms with Crippen LogP contribution in [-0.4, -0.2) is 12.9 Å². The highest BCUT2D eigenvalue weighted by atomic mass is 79.9. The molecule has 1 atom stereocenters.